The molecule has 4 saturated heterocycles. The van der Waals surface area contributed by atoms with Gasteiger partial charge in [-0.15, -0.1) is 23.5 Å². The van der Waals surface area contributed by atoms with Gasteiger partial charge in [0.15, 0.2) is 0 Å². The van der Waals surface area contributed by atoms with E-state index in [4.69, 9.17) is 4.74 Å². The molecule has 0 saturated carbocycles. The summed E-state index contributed by atoms with van der Waals surface area (Å²) in [4.78, 5) is 96.5. The summed E-state index contributed by atoms with van der Waals surface area (Å²) in [6, 6.07) is 13.3. The van der Waals surface area contributed by atoms with Crippen LogP contribution in [-0.4, -0.2) is 121 Å². The molecule has 0 radical (unpaired) electrons. The van der Waals surface area contributed by atoms with Gasteiger partial charge in [-0.25, -0.2) is 4.79 Å². The number of hydrogen-bond donors (Lipinski definition) is 4. The fourth-order valence-electron chi connectivity index (χ4n) is 10.3. The largest absolute Gasteiger partial charge is 0.444 e. The van der Waals surface area contributed by atoms with Gasteiger partial charge in [-0.1, -0.05) is 62.4 Å². The summed E-state index contributed by atoms with van der Waals surface area (Å²) in [6.07, 6.45) is 9.98. The summed E-state index contributed by atoms with van der Waals surface area (Å²) in [7, 11) is 1.50. The lowest BCUT2D eigenvalue weighted by Gasteiger charge is -2.33. The molecule has 7 amide bonds. The topological polar surface area (TPSA) is 187 Å². The summed E-state index contributed by atoms with van der Waals surface area (Å²) < 4.78 is 5.37. The maximum absolute atomic E-state index is 13.7. The maximum Gasteiger partial charge on any atom is 0.410 e. The first-order valence-corrected chi connectivity index (χ1v) is 27.3. The predicted molar refractivity (Wildman–Crippen MR) is 269 cm³/mol. The molecule has 8 rings (SSSR count). The Kier molecular flexibility index (Phi) is 17.3. The van der Waals surface area contributed by atoms with Crippen LogP contribution in [0.25, 0.3) is 0 Å². The zero-order chi connectivity index (χ0) is 49.6. The van der Waals surface area contributed by atoms with E-state index in [1.54, 1.807) is 61.0 Å². The van der Waals surface area contributed by atoms with Gasteiger partial charge in [-0.05, 0) is 145 Å². The van der Waals surface area contributed by atoms with Gasteiger partial charge in [0.05, 0.1) is 22.8 Å². The molecule has 376 valence electrons. The lowest BCUT2D eigenvalue weighted by Crippen LogP contribution is -2.57. The van der Waals surface area contributed by atoms with Crippen molar-refractivity contribution in [2.45, 2.75) is 184 Å². The van der Waals surface area contributed by atoms with Crippen LogP contribution in [0.4, 0.5) is 4.79 Å². The Hall–Kier alpha value is -4.77. The Labute approximate surface area is 416 Å². The average molecular weight is 988 g/mol. The number of aryl methyl sites for hydroxylation is 2. The molecule has 4 N–H and O–H groups in total. The van der Waals surface area contributed by atoms with Crippen molar-refractivity contribution in [3.8, 4) is 0 Å². The molecule has 2 aliphatic carbocycles. The molecular weight excluding hydrogens is 915 g/mol. The Morgan fingerprint density at radius 3 is 1.55 bits per heavy atom. The Bertz CT molecular complexity index is 2220. The lowest BCUT2D eigenvalue weighted by molar-refractivity contribution is -0.142. The third-order valence-corrected chi connectivity index (χ3v) is 17.2. The van der Waals surface area contributed by atoms with Crippen LogP contribution in [0.3, 0.4) is 0 Å². The van der Waals surface area contributed by atoms with Crippen molar-refractivity contribution in [2.75, 3.05) is 18.6 Å². The first kappa shape index (κ1) is 52.1. The highest BCUT2D eigenvalue weighted by Crippen LogP contribution is 2.39. The van der Waals surface area contributed by atoms with Gasteiger partial charge in [-0.3, -0.25) is 33.7 Å². The normalized spacial score (nSPS) is 27.2. The Morgan fingerprint density at radius 2 is 1.10 bits per heavy atom. The number of nitrogens with zero attached hydrogens (tertiary/aromatic N) is 3. The number of hydrogen-bond acceptors (Lipinski definition) is 10. The van der Waals surface area contributed by atoms with E-state index in [2.05, 4.69) is 45.5 Å². The van der Waals surface area contributed by atoms with E-state index in [1.807, 2.05) is 38.1 Å². The number of thioether (sulfide) groups is 2. The number of likely N-dealkylation sites (N-methyl/N-ethyl adjacent to an activating group) is 1. The molecule has 6 aliphatic rings. The van der Waals surface area contributed by atoms with E-state index in [-0.39, 0.29) is 58.3 Å². The molecule has 0 unspecified atom stereocenters. The number of nitrogens with one attached hydrogen (secondary N) is 4. The molecule has 4 heterocycles. The number of ether oxygens (including phenoxy) is 1. The van der Waals surface area contributed by atoms with Crippen LogP contribution in [0.2, 0.25) is 0 Å². The van der Waals surface area contributed by atoms with E-state index in [1.165, 1.54) is 28.6 Å². The molecule has 2 aromatic carbocycles. The van der Waals surface area contributed by atoms with Crippen LogP contribution in [-0.2, 0) is 46.3 Å². The SMILES string of the molecule is CC[C@@H](C)C(=O)N[C@H]1CCS[C@H]2CC[C@@H](C(=O)N[C@@H]3CCCc4ccccc43)N2C1=O.C[C@@H](C(=O)N[C@H]1CCS[C@H]2CC[C@@H](C(=O)N[C@H]3CCCc4ccccc43)N2C1=O)N(C)C(=O)OC(C)(C)C. The molecule has 2 aromatic rings. The zero-order valence-electron chi connectivity index (χ0n) is 41.4. The highest BCUT2D eigenvalue weighted by atomic mass is 32.2. The van der Waals surface area contributed by atoms with Crippen molar-refractivity contribution in [3.63, 3.8) is 0 Å². The number of fused-ring (bicyclic) bond motifs is 4. The van der Waals surface area contributed by atoms with E-state index in [0.29, 0.717) is 31.4 Å². The highest BCUT2D eigenvalue weighted by Gasteiger charge is 2.47. The summed E-state index contributed by atoms with van der Waals surface area (Å²) >= 11 is 3.39. The van der Waals surface area contributed by atoms with Crippen molar-refractivity contribution in [3.05, 3.63) is 70.8 Å². The summed E-state index contributed by atoms with van der Waals surface area (Å²) in [5.74, 6) is 0.336. The van der Waals surface area contributed by atoms with E-state index < -0.39 is 47.8 Å². The number of amides is 7. The fraction of sp³-hybridized carbons (Fsp3) is 0.635. The monoisotopic (exact) mass is 987 g/mol. The van der Waals surface area contributed by atoms with Crippen molar-refractivity contribution in [1.82, 2.24) is 36.0 Å². The number of benzene rings is 2. The van der Waals surface area contributed by atoms with Gasteiger partial charge in [0, 0.05) is 13.0 Å². The van der Waals surface area contributed by atoms with Crippen molar-refractivity contribution in [2.24, 2.45) is 5.92 Å². The van der Waals surface area contributed by atoms with Gasteiger partial charge >= 0.3 is 6.09 Å². The second-order valence-electron chi connectivity index (χ2n) is 20.4. The molecule has 4 aliphatic heterocycles. The lowest BCUT2D eigenvalue weighted by atomic mass is 9.87. The third kappa shape index (κ3) is 12.4. The number of carbonyl (C=O) groups excluding carboxylic acids is 7. The summed E-state index contributed by atoms with van der Waals surface area (Å²) in [5.41, 5.74) is 4.25. The van der Waals surface area contributed by atoms with Crippen LogP contribution >= 0.6 is 23.5 Å². The van der Waals surface area contributed by atoms with Gasteiger partial charge in [-0.2, -0.15) is 0 Å². The molecule has 0 aromatic heterocycles. The smallest absolute Gasteiger partial charge is 0.410 e. The zero-order valence-corrected chi connectivity index (χ0v) is 43.1. The molecule has 69 heavy (non-hydrogen) atoms. The first-order chi connectivity index (χ1) is 32.9. The van der Waals surface area contributed by atoms with Crippen LogP contribution in [0.5, 0.6) is 0 Å². The quantitative estimate of drug-likeness (QED) is 0.204. The summed E-state index contributed by atoms with van der Waals surface area (Å²) in [6.45, 7) is 10.7. The van der Waals surface area contributed by atoms with Crippen LogP contribution in [0, 0.1) is 5.92 Å². The average Bonchev–Trinajstić information content (AvgIpc) is 3.89. The van der Waals surface area contributed by atoms with Crippen LogP contribution in [0.15, 0.2) is 48.5 Å². The summed E-state index contributed by atoms with van der Waals surface area (Å²) in [5, 5.41) is 12.2. The second kappa shape index (κ2) is 23.0. The van der Waals surface area contributed by atoms with Crippen molar-refractivity contribution >= 4 is 65.1 Å². The highest BCUT2D eigenvalue weighted by molar-refractivity contribution is 8.00. The second-order valence-corrected chi connectivity index (χ2v) is 23.0. The molecule has 17 heteroatoms. The molecule has 0 bridgehead atoms. The Morgan fingerprint density at radius 1 is 0.652 bits per heavy atom. The minimum Gasteiger partial charge on any atom is -0.444 e. The Balaban J connectivity index is 0.000000208. The third-order valence-electron chi connectivity index (χ3n) is 14.5. The van der Waals surface area contributed by atoms with Crippen LogP contribution < -0.4 is 21.3 Å². The minimum atomic E-state index is -0.826. The standard InChI is InChI=1S/C28H40N4O5S.C24H33N3O3S/c1-17(31(5)27(36)37-28(2,3)4)24(33)30-21-15-16-38-23-14-13-22(32(23)26(21)35)25(34)29-20-12-8-10-18-9-6-7-11-19(18)20;1-3-15(2)22(28)26-19-13-14-31-21-12-11-20(27(21)24(19)30)23(29)25-18-10-6-8-16-7-4-5-9-17(16)18/h6-7,9,11,17,20-23H,8,10,12-16H2,1-5H3,(H,29,34)(H,30,33);4-5,7,9,15,18-21H,3,6,8,10-14H2,1-2H3,(H,25,29)(H,26,28)/t17-,20-,21-,22-,23-;15-,18-,19+,20+,21+/m01/s1. The molecule has 15 nitrogen and oxygen atoms in total. The van der Waals surface area contributed by atoms with E-state index in [0.717, 1.165) is 69.1 Å². The van der Waals surface area contributed by atoms with Gasteiger partial charge in [0.25, 0.3) is 0 Å². The van der Waals surface area contributed by atoms with Gasteiger partial charge in [0.1, 0.15) is 35.8 Å². The minimum absolute atomic E-state index is 0.00661. The van der Waals surface area contributed by atoms with Gasteiger partial charge in [0.2, 0.25) is 35.4 Å². The van der Waals surface area contributed by atoms with E-state index in [9.17, 15) is 33.6 Å². The van der Waals surface area contributed by atoms with Crippen molar-refractivity contribution in [1.29, 1.82) is 0 Å². The van der Waals surface area contributed by atoms with Crippen LogP contribution in [0.1, 0.15) is 147 Å². The predicted octanol–water partition coefficient (Wildman–Crippen LogP) is 6.54. The fourth-order valence-corrected chi connectivity index (χ4v) is 13.0. The number of rotatable bonds is 10. The van der Waals surface area contributed by atoms with E-state index >= 15 is 0 Å². The first-order valence-electron chi connectivity index (χ1n) is 25.2. The van der Waals surface area contributed by atoms with Gasteiger partial charge < -0.3 is 35.8 Å². The van der Waals surface area contributed by atoms with Crippen molar-refractivity contribution < 1.29 is 38.3 Å². The molecular formula is C52H73N7O8S2. The molecule has 10 atom stereocenters. The molecule has 0 spiro atoms. The number of carbonyl (C=O) groups is 7. The molecule has 4 fully saturated rings. The maximum atomic E-state index is 13.7.